The Labute approximate surface area is 84.6 Å². The van der Waals surface area contributed by atoms with Gasteiger partial charge in [-0.3, -0.25) is 0 Å². The molecule has 1 saturated heterocycles. The third-order valence-electron chi connectivity index (χ3n) is 2.01. The Hall–Kier alpha value is -0.200. The second-order valence-electron chi connectivity index (χ2n) is 4.43. The fourth-order valence-electron chi connectivity index (χ4n) is 1.52. The zero-order chi connectivity index (χ0) is 9.95. The highest BCUT2D eigenvalue weighted by molar-refractivity contribution is 8.02. The van der Waals surface area contributed by atoms with E-state index in [-0.39, 0.29) is 9.49 Å². The van der Waals surface area contributed by atoms with Crippen LogP contribution in [0.2, 0.25) is 0 Å². The molecule has 0 saturated carbocycles. The Balaban J connectivity index is 2.65. The van der Waals surface area contributed by atoms with Crippen LogP contribution in [-0.2, 0) is 4.74 Å². The van der Waals surface area contributed by atoms with Crippen LogP contribution in [0.25, 0.3) is 0 Å². The topological polar surface area (TPSA) is 33.0 Å². The zero-order valence-corrected chi connectivity index (χ0v) is 9.41. The lowest BCUT2D eigenvalue weighted by atomic mass is 10.0. The van der Waals surface area contributed by atoms with E-state index in [1.807, 2.05) is 0 Å². The number of nitriles is 1. The molecule has 1 aliphatic rings. The lowest BCUT2D eigenvalue weighted by Gasteiger charge is -2.35. The van der Waals surface area contributed by atoms with Crippen LogP contribution in [0, 0.1) is 11.3 Å². The van der Waals surface area contributed by atoms with Gasteiger partial charge in [0.1, 0.15) is 4.75 Å². The van der Waals surface area contributed by atoms with Gasteiger partial charge in [0.2, 0.25) is 0 Å². The summed E-state index contributed by atoms with van der Waals surface area (Å²) >= 11 is 1.78. The highest BCUT2D eigenvalue weighted by atomic mass is 32.2. The van der Waals surface area contributed by atoms with Crippen LogP contribution < -0.4 is 0 Å². The van der Waals surface area contributed by atoms with Crippen molar-refractivity contribution in [3.63, 3.8) is 0 Å². The van der Waals surface area contributed by atoms with Gasteiger partial charge in [0.15, 0.2) is 0 Å². The van der Waals surface area contributed by atoms with Crippen molar-refractivity contribution in [1.82, 2.24) is 0 Å². The van der Waals surface area contributed by atoms with E-state index < -0.39 is 0 Å². The summed E-state index contributed by atoms with van der Waals surface area (Å²) in [6.45, 7) is 7.94. The number of ether oxygens (including phenoxy) is 1. The van der Waals surface area contributed by atoms with Crippen molar-refractivity contribution < 1.29 is 4.74 Å². The van der Waals surface area contributed by atoms with Crippen LogP contribution in [0.1, 0.15) is 33.6 Å². The van der Waals surface area contributed by atoms with Gasteiger partial charge in [-0.15, -0.1) is 11.8 Å². The average molecular weight is 199 g/mol. The molecular weight excluding hydrogens is 182 g/mol. The van der Waals surface area contributed by atoms with Gasteiger partial charge in [0.25, 0.3) is 0 Å². The van der Waals surface area contributed by atoms with E-state index in [2.05, 4.69) is 26.8 Å². The summed E-state index contributed by atoms with van der Waals surface area (Å²) in [6, 6.07) is 2.46. The van der Waals surface area contributed by atoms with Gasteiger partial charge in [-0.2, -0.15) is 5.26 Å². The van der Waals surface area contributed by atoms with Crippen molar-refractivity contribution in [1.29, 1.82) is 5.26 Å². The monoisotopic (exact) mass is 199 g/mol. The second-order valence-corrected chi connectivity index (χ2v) is 6.64. The van der Waals surface area contributed by atoms with E-state index in [1.165, 1.54) is 0 Å². The minimum atomic E-state index is -0.198. The van der Waals surface area contributed by atoms with E-state index in [0.29, 0.717) is 0 Å². The van der Waals surface area contributed by atoms with Crippen LogP contribution in [0.5, 0.6) is 0 Å². The summed E-state index contributed by atoms with van der Waals surface area (Å²) in [7, 11) is 0. The van der Waals surface area contributed by atoms with E-state index in [4.69, 9.17) is 4.74 Å². The Morgan fingerprint density at radius 2 is 1.85 bits per heavy atom. The van der Waals surface area contributed by atoms with E-state index in [0.717, 1.165) is 26.1 Å². The highest BCUT2D eigenvalue weighted by Crippen LogP contribution is 2.42. The first-order valence-electron chi connectivity index (χ1n) is 4.67. The summed E-state index contributed by atoms with van der Waals surface area (Å²) < 4.78 is 5.24. The number of thioether (sulfide) groups is 1. The normalized spacial score (nSPS) is 22.3. The minimum absolute atomic E-state index is 0.160. The van der Waals surface area contributed by atoms with Crippen molar-refractivity contribution in [3.05, 3.63) is 0 Å². The molecule has 3 heteroatoms. The molecule has 1 heterocycles. The molecule has 1 fully saturated rings. The molecule has 0 amide bonds. The van der Waals surface area contributed by atoms with Crippen LogP contribution in [0.4, 0.5) is 0 Å². The maximum atomic E-state index is 9.18. The standard InChI is InChI=1S/C10H17NOS/c1-9(2,3)13-10(8-11)4-6-12-7-5-10/h4-7H2,1-3H3. The number of rotatable bonds is 1. The lowest BCUT2D eigenvalue weighted by Crippen LogP contribution is -2.35. The molecule has 0 aromatic carbocycles. The molecular formula is C10H17NOS. The molecule has 0 unspecified atom stereocenters. The predicted molar refractivity (Wildman–Crippen MR) is 55.7 cm³/mol. The summed E-state index contributed by atoms with van der Waals surface area (Å²) in [5.74, 6) is 0. The van der Waals surface area contributed by atoms with E-state index >= 15 is 0 Å². The molecule has 0 aromatic rings. The molecule has 0 bridgehead atoms. The molecule has 0 aromatic heterocycles. The molecule has 2 nitrogen and oxygen atoms in total. The first kappa shape index (κ1) is 10.9. The van der Waals surface area contributed by atoms with E-state index in [1.54, 1.807) is 11.8 Å². The van der Waals surface area contributed by atoms with Crippen LogP contribution in [-0.4, -0.2) is 22.7 Å². The first-order chi connectivity index (χ1) is 5.97. The fraction of sp³-hybridized carbons (Fsp3) is 0.900. The van der Waals surface area contributed by atoms with Crippen molar-refractivity contribution in [2.24, 2.45) is 0 Å². The summed E-state index contributed by atoms with van der Waals surface area (Å²) in [5.41, 5.74) is 0. The Bertz CT molecular complexity index is 208. The molecule has 1 aliphatic heterocycles. The first-order valence-corrected chi connectivity index (χ1v) is 5.48. The SMILES string of the molecule is CC(C)(C)SC1(C#N)CCOCC1. The van der Waals surface area contributed by atoms with Crippen molar-refractivity contribution in [3.8, 4) is 6.07 Å². The summed E-state index contributed by atoms with van der Waals surface area (Å²) in [4.78, 5) is 0. The number of hydrogen-bond donors (Lipinski definition) is 0. The van der Waals surface area contributed by atoms with Gasteiger partial charge in [0.05, 0.1) is 6.07 Å². The third kappa shape index (κ3) is 3.21. The van der Waals surface area contributed by atoms with Crippen LogP contribution in [0.15, 0.2) is 0 Å². The minimum Gasteiger partial charge on any atom is -0.381 e. The Kier molecular flexibility index (Phi) is 3.26. The molecule has 13 heavy (non-hydrogen) atoms. The van der Waals surface area contributed by atoms with Crippen LogP contribution in [0.3, 0.4) is 0 Å². The largest absolute Gasteiger partial charge is 0.381 e. The second kappa shape index (κ2) is 3.89. The van der Waals surface area contributed by atoms with Crippen LogP contribution >= 0.6 is 11.8 Å². The smallest absolute Gasteiger partial charge is 0.107 e. The Morgan fingerprint density at radius 1 is 1.31 bits per heavy atom. The van der Waals surface area contributed by atoms with Crippen molar-refractivity contribution >= 4 is 11.8 Å². The predicted octanol–water partition coefficient (Wildman–Crippen LogP) is 2.59. The molecule has 0 aliphatic carbocycles. The van der Waals surface area contributed by atoms with Gasteiger partial charge >= 0.3 is 0 Å². The average Bonchev–Trinajstić information content (AvgIpc) is 2.03. The molecule has 0 radical (unpaired) electrons. The maximum absolute atomic E-state index is 9.18. The van der Waals surface area contributed by atoms with Crippen molar-refractivity contribution in [2.45, 2.75) is 43.1 Å². The molecule has 0 spiro atoms. The quantitative estimate of drug-likeness (QED) is 0.650. The molecule has 1 rings (SSSR count). The summed E-state index contributed by atoms with van der Waals surface area (Å²) in [6.07, 6.45) is 1.73. The van der Waals surface area contributed by atoms with Gasteiger partial charge in [-0.05, 0) is 12.8 Å². The third-order valence-corrected chi connectivity index (χ3v) is 3.51. The molecule has 74 valence electrons. The van der Waals surface area contributed by atoms with Gasteiger partial charge < -0.3 is 4.74 Å². The zero-order valence-electron chi connectivity index (χ0n) is 8.59. The number of nitrogens with zero attached hydrogens (tertiary/aromatic N) is 1. The van der Waals surface area contributed by atoms with E-state index in [9.17, 15) is 5.26 Å². The maximum Gasteiger partial charge on any atom is 0.107 e. The number of hydrogen-bond acceptors (Lipinski definition) is 3. The molecule has 0 N–H and O–H groups in total. The lowest BCUT2D eigenvalue weighted by molar-refractivity contribution is 0.0883. The highest BCUT2D eigenvalue weighted by Gasteiger charge is 2.37. The van der Waals surface area contributed by atoms with Gasteiger partial charge in [-0.1, -0.05) is 20.8 Å². The Morgan fingerprint density at radius 3 is 2.23 bits per heavy atom. The van der Waals surface area contributed by atoms with Gasteiger partial charge in [0, 0.05) is 18.0 Å². The fourth-order valence-corrected chi connectivity index (χ4v) is 3.11. The van der Waals surface area contributed by atoms with Crippen molar-refractivity contribution in [2.75, 3.05) is 13.2 Å². The van der Waals surface area contributed by atoms with Gasteiger partial charge in [-0.25, -0.2) is 0 Å². The molecule has 0 atom stereocenters. The summed E-state index contributed by atoms with van der Waals surface area (Å²) in [5, 5.41) is 9.18.